The standard InChI is InChI=1S/C7H5NOS/c9-8-7-4-2-1-3-6(7)5-10-8/h1-5H. The molecule has 0 N–H and O–H groups in total. The predicted molar refractivity (Wildman–Crippen MR) is 40.8 cm³/mol. The van der Waals surface area contributed by atoms with Crippen LogP contribution in [-0.2, 0) is 0 Å². The SMILES string of the molecule is [O-][n+]1scc2ccccc21. The summed E-state index contributed by atoms with van der Waals surface area (Å²) in [7, 11) is 0. The summed E-state index contributed by atoms with van der Waals surface area (Å²) in [6.07, 6.45) is 0. The number of hydrogen-bond donors (Lipinski definition) is 0. The number of rotatable bonds is 0. The van der Waals surface area contributed by atoms with Crippen LogP contribution in [-0.4, -0.2) is 0 Å². The van der Waals surface area contributed by atoms with Gasteiger partial charge >= 0.3 is 0 Å². The predicted octanol–water partition coefficient (Wildman–Crippen LogP) is 1.53. The van der Waals surface area contributed by atoms with Gasteiger partial charge < -0.3 is 5.21 Å². The van der Waals surface area contributed by atoms with Gasteiger partial charge in [0.15, 0.2) is 0 Å². The second-order valence-corrected chi connectivity index (χ2v) is 2.82. The molecule has 1 heterocycles. The number of benzene rings is 1. The zero-order valence-corrected chi connectivity index (χ0v) is 5.97. The molecule has 2 aromatic rings. The van der Waals surface area contributed by atoms with Gasteiger partial charge in [-0.25, -0.2) is 0 Å². The van der Waals surface area contributed by atoms with Gasteiger partial charge in [-0.05, 0) is 6.07 Å². The Morgan fingerprint density at radius 2 is 2.10 bits per heavy atom. The van der Waals surface area contributed by atoms with Crippen molar-refractivity contribution in [2.24, 2.45) is 0 Å². The molecular formula is C7H5NOS. The maximum absolute atomic E-state index is 10.9. The van der Waals surface area contributed by atoms with Crippen molar-refractivity contribution in [3.63, 3.8) is 0 Å². The summed E-state index contributed by atoms with van der Waals surface area (Å²) in [5.74, 6) is 0. The fraction of sp³-hybridized carbons (Fsp3) is 0. The molecule has 0 aliphatic rings. The molecule has 0 aliphatic carbocycles. The Bertz CT molecular complexity index is 355. The molecule has 0 bridgehead atoms. The average Bonchev–Trinajstić information content (AvgIpc) is 2.34. The van der Waals surface area contributed by atoms with Gasteiger partial charge in [0.25, 0.3) is 0 Å². The quantitative estimate of drug-likeness (QED) is 0.414. The van der Waals surface area contributed by atoms with Crippen LogP contribution in [0.2, 0.25) is 0 Å². The third-order valence-electron chi connectivity index (χ3n) is 1.41. The van der Waals surface area contributed by atoms with Gasteiger partial charge in [0.05, 0.1) is 10.8 Å². The Kier molecular flexibility index (Phi) is 1.11. The summed E-state index contributed by atoms with van der Waals surface area (Å²) >= 11 is 1.18. The zero-order chi connectivity index (χ0) is 6.97. The molecular weight excluding hydrogens is 146 g/mol. The highest BCUT2D eigenvalue weighted by atomic mass is 32.1. The highest BCUT2D eigenvalue weighted by molar-refractivity contribution is 7.00. The second kappa shape index (κ2) is 1.95. The van der Waals surface area contributed by atoms with Crippen molar-refractivity contribution < 1.29 is 4.12 Å². The summed E-state index contributed by atoms with van der Waals surface area (Å²) in [4.78, 5) is 0. The van der Waals surface area contributed by atoms with Crippen LogP contribution in [0.3, 0.4) is 0 Å². The fourth-order valence-electron chi connectivity index (χ4n) is 0.915. The van der Waals surface area contributed by atoms with Crippen molar-refractivity contribution in [1.82, 2.24) is 0 Å². The average molecular weight is 151 g/mol. The van der Waals surface area contributed by atoms with Crippen molar-refractivity contribution in [1.29, 1.82) is 0 Å². The van der Waals surface area contributed by atoms with Crippen molar-refractivity contribution in [3.05, 3.63) is 34.9 Å². The van der Waals surface area contributed by atoms with E-state index in [1.54, 1.807) is 0 Å². The van der Waals surface area contributed by atoms with Crippen LogP contribution in [0.15, 0.2) is 29.6 Å². The topological polar surface area (TPSA) is 26.9 Å². The third-order valence-corrected chi connectivity index (χ3v) is 2.16. The van der Waals surface area contributed by atoms with Crippen LogP contribution in [0.5, 0.6) is 0 Å². The van der Waals surface area contributed by atoms with E-state index < -0.39 is 0 Å². The van der Waals surface area contributed by atoms with Crippen LogP contribution in [0.1, 0.15) is 0 Å². The minimum atomic E-state index is 0.757. The number of fused-ring (bicyclic) bond motifs is 1. The molecule has 3 heteroatoms. The first-order valence-electron chi connectivity index (χ1n) is 2.94. The molecule has 0 radical (unpaired) electrons. The minimum absolute atomic E-state index is 0.757. The summed E-state index contributed by atoms with van der Waals surface area (Å²) in [5, 5.41) is 13.8. The molecule has 1 aromatic heterocycles. The first-order valence-corrected chi connectivity index (χ1v) is 3.78. The highest BCUT2D eigenvalue weighted by Gasteiger charge is 2.02. The van der Waals surface area contributed by atoms with Gasteiger partial charge in [-0.15, -0.1) is 4.12 Å². The van der Waals surface area contributed by atoms with Crippen LogP contribution < -0.4 is 4.12 Å². The lowest BCUT2D eigenvalue weighted by atomic mass is 10.3. The van der Waals surface area contributed by atoms with Crippen LogP contribution in [0, 0.1) is 5.21 Å². The summed E-state index contributed by atoms with van der Waals surface area (Å²) in [5.41, 5.74) is 0.757. The Balaban J connectivity index is 2.93. The monoisotopic (exact) mass is 151 g/mol. The Hall–Kier alpha value is -1.09. The van der Waals surface area contributed by atoms with Crippen molar-refractivity contribution in [2.75, 3.05) is 0 Å². The summed E-state index contributed by atoms with van der Waals surface area (Å²) in [6.45, 7) is 0. The van der Waals surface area contributed by atoms with E-state index in [-0.39, 0.29) is 0 Å². The van der Waals surface area contributed by atoms with Gasteiger partial charge in [-0.2, -0.15) is 0 Å². The number of nitrogens with zero attached hydrogens (tertiary/aromatic N) is 1. The molecule has 50 valence electrons. The summed E-state index contributed by atoms with van der Waals surface area (Å²) in [6, 6.07) is 7.54. The highest BCUT2D eigenvalue weighted by Crippen LogP contribution is 2.10. The van der Waals surface area contributed by atoms with Gasteiger partial charge in [0, 0.05) is 6.07 Å². The summed E-state index contributed by atoms with van der Waals surface area (Å²) < 4.78 is 0.912. The second-order valence-electron chi connectivity index (χ2n) is 2.04. The third kappa shape index (κ3) is 0.675. The Labute approximate surface area is 62.1 Å². The smallest absolute Gasteiger partial charge is 0.239 e. The van der Waals surface area contributed by atoms with Gasteiger partial charge in [0.1, 0.15) is 11.5 Å². The Morgan fingerprint density at radius 1 is 1.30 bits per heavy atom. The normalized spacial score (nSPS) is 10.4. The molecule has 0 amide bonds. The maximum Gasteiger partial charge on any atom is 0.239 e. The van der Waals surface area contributed by atoms with Crippen LogP contribution in [0.4, 0.5) is 0 Å². The largest absolute Gasteiger partial charge is 0.605 e. The van der Waals surface area contributed by atoms with E-state index in [4.69, 9.17) is 0 Å². The van der Waals surface area contributed by atoms with Gasteiger partial charge in [0.2, 0.25) is 5.52 Å². The van der Waals surface area contributed by atoms with Crippen LogP contribution >= 0.6 is 11.5 Å². The van der Waals surface area contributed by atoms with Crippen LogP contribution in [0.25, 0.3) is 10.9 Å². The molecule has 2 nitrogen and oxygen atoms in total. The first kappa shape index (κ1) is 5.68. The number of hydrogen-bond acceptors (Lipinski definition) is 2. The van der Waals surface area contributed by atoms with E-state index in [1.807, 2.05) is 29.6 Å². The maximum atomic E-state index is 10.9. The molecule has 0 unspecified atom stereocenters. The van der Waals surface area contributed by atoms with E-state index in [9.17, 15) is 5.21 Å². The van der Waals surface area contributed by atoms with E-state index >= 15 is 0 Å². The van der Waals surface area contributed by atoms with E-state index in [0.29, 0.717) is 0 Å². The lowest BCUT2D eigenvalue weighted by Gasteiger charge is -1.86. The molecule has 0 aliphatic heterocycles. The first-order chi connectivity index (χ1) is 4.88. The van der Waals surface area contributed by atoms with Crippen molar-refractivity contribution in [2.45, 2.75) is 0 Å². The van der Waals surface area contributed by atoms with E-state index in [2.05, 4.69) is 0 Å². The van der Waals surface area contributed by atoms with Gasteiger partial charge in [-0.1, -0.05) is 12.1 Å². The van der Waals surface area contributed by atoms with Crippen molar-refractivity contribution >= 4 is 22.4 Å². The lowest BCUT2D eigenvalue weighted by Crippen LogP contribution is -2.18. The Morgan fingerprint density at radius 3 is 2.90 bits per heavy atom. The van der Waals surface area contributed by atoms with Gasteiger partial charge in [-0.3, -0.25) is 0 Å². The van der Waals surface area contributed by atoms with E-state index in [1.165, 1.54) is 11.5 Å². The molecule has 2 rings (SSSR count). The molecule has 1 aromatic carbocycles. The zero-order valence-electron chi connectivity index (χ0n) is 5.15. The number of para-hydroxylation sites is 1. The lowest BCUT2D eigenvalue weighted by molar-refractivity contribution is -0.500. The number of aromatic nitrogens is 1. The molecule has 10 heavy (non-hydrogen) atoms. The van der Waals surface area contributed by atoms with Crippen molar-refractivity contribution in [3.8, 4) is 0 Å². The molecule has 0 atom stereocenters. The fourth-order valence-corrected chi connectivity index (χ4v) is 1.60. The molecule has 0 saturated carbocycles. The molecule has 0 spiro atoms. The molecule has 0 fully saturated rings. The minimum Gasteiger partial charge on any atom is -0.605 e. The molecule has 0 saturated heterocycles. The van der Waals surface area contributed by atoms with E-state index in [0.717, 1.165) is 15.0 Å².